The van der Waals surface area contributed by atoms with Crippen LogP contribution in [0.1, 0.15) is 6.42 Å². The summed E-state index contributed by atoms with van der Waals surface area (Å²) in [5.74, 6) is 0.979. The molecular weight excluding hydrogens is 198 g/mol. The Morgan fingerprint density at radius 1 is 1.06 bits per heavy atom. The first-order valence-corrected chi connectivity index (χ1v) is 5.78. The largest absolute Gasteiger partial charge is 0.489 e. The van der Waals surface area contributed by atoms with Crippen molar-refractivity contribution in [3.8, 4) is 5.75 Å². The zero-order valence-corrected chi connectivity index (χ0v) is 9.15. The van der Waals surface area contributed by atoms with Gasteiger partial charge in [0, 0.05) is 6.54 Å². The van der Waals surface area contributed by atoms with Gasteiger partial charge in [0.1, 0.15) is 11.9 Å². The summed E-state index contributed by atoms with van der Waals surface area (Å²) in [6, 6.07) is 14.7. The fourth-order valence-corrected chi connectivity index (χ4v) is 2.16. The van der Waals surface area contributed by atoms with E-state index in [-0.39, 0.29) is 0 Å². The highest BCUT2D eigenvalue weighted by atomic mass is 16.5. The molecule has 0 saturated carbocycles. The van der Waals surface area contributed by atoms with Crippen LogP contribution in [0, 0.1) is 0 Å². The molecule has 16 heavy (non-hydrogen) atoms. The molecule has 0 aliphatic carbocycles. The molecule has 0 amide bonds. The van der Waals surface area contributed by atoms with Gasteiger partial charge in [0.05, 0.1) is 0 Å². The van der Waals surface area contributed by atoms with Gasteiger partial charge in [-0.15, -0.1) is 0 Å². The second-order valence-corrected chi connectivity index (χ2v) is 4.24. The Bertz CT molecular complexity index is 489. The van der Waals surface area contributed by atoms with Crippen LogP contribution in [0.15, 0.2) is 42.5 Å². The molecule has 0 spiro atoms. The lowest BCUT2D eigenvalue weighted by Crippen LogP contribution is -2.19. The van der Waals surface area contributed by atoms with Gasteiger partial charge < -0.3 is 10.1 Å². The average Bonchev–Trinajstić information content (AvgIpc) is 2.82. The molecule has 1 unspecified atom stereocenters. The first kappa shape index (κ1) is 9.67. The third-order valence-corrected chi connectivity index (χ3v) is 3.04. The maximum absolute atomic E-state index is 5.92. The fourth-order valence-electron chi connectivity index (χ4n) is 2.16. The third-order valence-electron chi connectivity index (χ3n) is 3.04. The lowest BCUT2D eigenvalue weighted by molar-refractivity contribution is 0.223. The van der Waals surface area contributed by atoms with Crippen LogP contribution in [0.5, 0.6) is 5.75 Å². The second-order valence-electron chi connectivity index (χ2n) is 4.24. The van der Waals surface area contributed by atoms with Gasteiger partial charge in [0.15, 0.2) is 0 Å². The van der Waals surface area contributed by atoms with Gasteiger partial charge in [-0.25, -0.2) is 0 Å². The number of hydrogen-bond acceptors (Lipinski definition) is 2. The van der Waals surface area contributed by atoms with Crippen molar-refractivity contribution in [3.05, 3.63) is 42.5 Å². The highest BCUT2D eigenvalue weighted by molar-refractivity contribution is 5.83. The highest BCUT2D eigenvalue weighted by Crippen LogP contribution is 2.22. The molecule has 82 valence electrons. The van der Waals surface area contributed by atoms with Gasteiger partial charge >= 0.3 is 0 Å². The van der Waals surface area contributed by atoms with Crippen LogP contribution in [-0.2, 0) is 0 Å². The quantitative estimate of drug-likeness (QED) is 0.828. The first-order chi connectivity index (χ1) is 7.92. The predicted molar refractivity (Wildman–Crippen MR) is 65.9 cm³/mol. The molecule has 0 aromatic heterocycles. The van der Waals surface area contributed by atoms with Crippen molar-refractivity contribution in [3.63, 3.8) is 0 Å². The lowest BCUT2D eigenvalue weighted by atomic mass is 10.1. The van der Waals surface area contributed by atoms with Crippen LogP contribution in [0.25, 0.3) is 10.8 Å². The van der Waals surface area contributed by atoms with E-state index in [9.17, 15) is 0 Å². The van der Waals surface area contributed by atoms with Crippen LogP contribution in [0.2, 0.25) is 0 Å². The van der Waals surface area contributed by atoms with Crippen molar-refractivity contribution in [1.29, 1.82) is 0 Å². The molecule has 0 radical (unpaired) electrons. The second kappa shape index (κ2) is 4.14. The number of hydrogen-bond donors (Lipinski definition) is 1. The normalized spacial score (nSPS) is 20.1. The SMILES string of the molecule is c1ccc2cc(OC3CCNC3)ccc2c1. The van der Waals surface area contributed by atoms with Crippen LogP contribution < -0.4 is 10.1 Å². The number of ether oxygens (including phenoxy) is 1. The number of fused-ring (bicyclic) bond motifs is 1. The van der Waals surface area contributed by atoms with E-state index in [1.807, 2.05) is 0 Å². The van der Waals surface area contributed by atoms with Gasteiger partial charge in [-0.3, -0.25) is 0 Å². The maximum Gasteiger partial charge on any atom is 0.120 e. The van der Waals surface area contributed by atoms with Gasteiger partial charge in [-0.05, 0) is 35.9 Å². The Balaban J connectivity index is 1.86. The molecule has 2 aromatic carbocycles. The summed E-state index contributed by atoms with van der Waals surface area (Å²) < 4.78 is 5.92. The van der Waals surface area contributed by atoms with Crippen LogP contribution in [0.3, 0.4) is 0 Å². The molecule has 1 heterocycles. The van der Waals surface area contributed by atoms with E-state index < -0.39 is 0 Å². The zero-order chi connectivity index (χ0) is 10.8. The molecule has 2 heteroatoms. The molecule has 0 bridgehead atoms. The Morgan fingerprint density at radius 3 is 2.75 bits per heavy atom. The summed E-state index contributed by atoms with van der Waals surface area (Å²) in [5.41, 5.74) is 0. The van der Waals surface area contributed by atoms with E-state index in [1.165, 1.54) is 10.8 Å². The molecule has 3 rings (SSSR count). The standard InChI is InChI=1S/C14H15NO/c1-2-4-12-9-13(6-5-11(12)3-1)16-14-7-8-15-10-14/h1-6,9,14-15H,7-8,10H2. The maximum atomic E-state index is 5.92. The molecule has 1 atom stereocenters. The zero-order valence-electron chi connectivity index (χ0n) is 9.15. The molecule has 1 aliphatic rings. The van der Waals surface area contributed by atoms with Crippen LogP contribution in [-0.4, -0.2) is 19.2 Å². The topological polar surface area (TPSA) is 21.3 Å². The van der Waals surface area contributed by atoms with Crippen molar-refractivity contribution < 1.29 is 4.74 Å². The Kier molecular flexibility index (Phi) is 2.50. The van der Waals surface area contributed by atoms with E-state index in [0.717, 1.165) is 25.3 Å². The van der Waals surface area contributed by atoms with E-state index in [4.69, 9.17) is 4.74 Å². The van der Waals surface area contributed by atoms with E-state index in [2.05, 4.69) is 47.8 Å². The lowest BCUT2D eigenvalue weighted by Gasteiger charge is -2.12. The van der Waals surface area contributed by atoms with E-state index in [0.29, 0.717) is 6.10 Å². The van der Waals surface area contributed by atoms with Crippen molar-refractivity contribution in [1.82, 2.24) is 5.32 Å². The summed E-state index contributed by atoms with van der Waals surface area (Å²) >= 11 is 0. The van der Waals surface area contributed by atoms with Crippen molar-refractivity contribution in [2.45, 2.75) is 12.5 Å². The van der Waals surface area contributed by atoms with Gasteiger partial charge in [0.25, 0.3) is 0 Å². The summed E-state index contributed by atoms with van der Waals surface area (Å²) in [4.78, 5) is 0. The van der Waals surface area contributed by atoms with Gasteiger partial charge in [-0.2, -0.15) is 0 Å². The van der Waals surface area contributed by atoms with Crippen molar-refractivity contribution in [2.24, 2.45) is 0 Å². The minimum atomic E-state index is 0.334. The summed E-state index contributed by atoms with van der Waals surface area (Å²) in [6.45, 7) is 2.03. The Morgan fingerprint density at radius 2 is 1.94 bits per heavy atom. The summed E-state index contributed by atoms with van der Waals surface area (Å²) in [7, 11) is 0. The van der Waals surface area contributed by atoms with Crippen molar-refractivity contribution in [2.75, 3.05) is 13.1 Å². The third kappa shape index (κ3) is 1.89. The molecule has 1 aliphatic heterocycles. The molecular formula is C14H15NO. The summed E-state index contributed by atoms with van der Waals surface area (Å²) in [6.07, 6.45) is 1.44. The fraction of sp³-hybridized carbons (Fsp3) is 0.286. The number of nitrogens with one attached hydrogen (secondary N) is 1. The smallest absolute Gasteiger partial charge is 0.120 e. The monoisotopic (exact) mass is 213 g/mol. The minimum absolute atomic E-state index is 0.334. The molecule has 1 fully saturated rings. The minimum Gasteiger partial charge on any atom is -0.489 e. The van der Waals surface area contributed by atoms with Crippen molar-refractivity contribution >= 4 is 10.8 Å². The first-order valence-electron chi connectivity index (χ1n) is 5.78. The van der Waals surface area contributed by atoms with E-state index >= 15 is 0 Å². The molecule has 1 N–H and O–H groups in total. The Hall–Kier alpha value is -1.54. The average molecular weight is 213 g/mol. The molecule has 2 nitrogen and oxygen atoms in total. The number of rotatable bonds is 2. The van der Waals surface area contributed by atoms with E-state index in [1.54, 1.807) is 0 Å². The predicted octanol–water partition coefficient (Wildman–Crippen LogP) is 2.58. The summed E-state index contributed by atoms with van der Waals surface area (Å²) in [5, 5.41) is 5.81. The van der Waals surface area contributed by atoms with Gasteiger partial charge in [-0.1, -0.05) is 30.3 Å². The highest BCUT2D eigenvalue weighted by Gasteiger charge is 2.15. The van der Waals surface area contributed by atoms with Crippen LogP contribution >= 0.6 is 0 Å². The Labute approximate surface area is 95.2 Å². The van der Waals surface area contributed by atoms with Gasteiger partial charge in [0.2, 0.25) is 0 Å². The van der Waals surface area contributed by atoms with Crippen LogP contribution in [0.4, 0.5) is 0 Å². The number of benzene rings is 2. The molecule has 2 aromatic rings. The molecule has 1 saturated heterocycles.